The van der Waals surface area contributed by atoms with E-state index < -0.39 is 0 Å². The van der Waals surface area contributed by atoms with Crippen molar-refractivity contribution in [2.45, 2.75) is 25.7 Å². The number of imidazole rings is 1. The first kappa shape index (κ1) is 10.9. The molecule has 2 rings (SSSR count). The Hall–Kier alpha value is -1.62. The van der Waals surface area contributed by atoms with Gasteiger partial charge in [-0.05, 0) is 6.42 Å². The minimum atomic E-state index is 0.310. The van der Waals surface area contributed by atoms with Crippen molar-refractivity contribution in [3.8, 4) is 0 Å². The maximum Gasteiger partial charge on any atom is 0.180 e. The molecular weight excluding hydrogens is 202 g/mol. The third-order valence-electron chi connectivity index (χ3n) is 2.76. The molecule has 1 atom stereocenters. The molecule has 0 fully saturated rings. The number of nitrogens with zero attached hydrogens (tertiary/aromatic N) is 3. The van der Waals surface area contributed by atoms with Crippen molar-refractivity contribution >= 4 is 11.5 Å². The van der Waals surface area contributed by atoms with Crippen LogP contribution in [0.3, 0.4) is 0 Å². The predicted molar refractivity (Wildman–Crippen MR) is 64.1 cm³/mol. The highest BCUT2D eigenvalue weighted by Crippen LogP contribution is 2.21. The summed E-state index contributed by atoms with van der Waals surface area (Å²) >= 11 is 0. The summed E-state index contributed by atoms with van der Waals surface area (Å²) in [6, 6.07) is 0. The van der Waals surface area contributed by atoms with Crippen LogP contribution in [-0.4, -0.2) is 20.9 Å². The number of hydrogen-bond donors (Lipinski definition) is 2. The molecule has 0 aliphatic carbocycles. The van der Waals surface area contributed by atoms with Gasteiger partial charge in [0.05, 0.1) is 5.69 Å². The van der Waals surface area contributed by atoms with Gasteiger partial charge in [-0.25, -0.2) is 9.97 Å². The molecule has 2 heterocycles. The van der Waals surface area contributed by atoms with E-state index in [1.807, 2.05) is 16.8 Å². The summed E-state index contributed by atoms with van der Waals surface area (Å²) in [5, 5.41) is 0. The fraction of sp³-hybridized carbons (Fsp3) is 0.455. The molecule has 0 aliphatic rings. The van der Waals surface area contributed by atoms with Crippen LogP contribution in [0.25, 0.3) is 5.65 Å². The highest BCUT2D eigenvalue weighted by molar-refractivity contribution is 5.59. The molecule has 5 nitrogen and oxygen atoms in total. The third kappa shape index (κ3) is 1.86. The molecule has 2 aromatic rings. The molecule has 0 saturated carbocycles. The first-order valence-electron chi connectivity index (χ1n) is 5.55. The van der Waals surface area contributed by atoms with Gasteiger partial charge in [0.2, 0.25) is 0 Å². The van der Waals surface area contributed by atoms with Gasteiger partial charge in [0, 0.05) is 31.1 Å². The number of hydrogen-bond acceptors (Lipinski definition) is 4. The molecule has 0 aromatic carbocycles. The number of nitrogen functional groups attached to an aromatic ring is 1. The fourth-order valence-corrected chi connectivity index (χ4v) is 1.89. The molecule has 4 N–H and O–H groups in total. The lowest BCUT2D eigenvalue weighted by Crippen LogP contribution is -2.12. The van der Waals surface area contributed by atoms with Crippen LogP contribution >= 0.6 is 0 Å². The molecule has 0 saturated heterocycles. The van der Waals surface area contributed by atoms with Crippen molar-refractivity contribution in [1.82, 2.24) is 14.4 Å². The van der Waals surface area contributed by atoms with Crippen LogP contribution in [0.2, 0.25) is 0 Å². The number of nitrogens with two attached hydrogens (primary N) is 2. The summed E-state index contributed by atoms with van der Waals surface area (Å²) in [5.41, 5.74) is 13.2. The van der Waals surface area contributed by atoms with Gasteiger partial charge < -0.3 is 15.9 Å². The van der Waals surface area contributed by atoms with Crippen LogP contribution in [0, 0.1) is 0 Å². The molecule has 0 aliphatic heterocycles. The van der Waals surface area contributed by atoms with Crippen LogP contribution < -0.4 is 11.5 Å². The Morgan fingerprint density at radius 1 is 1.50 bits per heavy atom. The van der Waals surface area contributed by atoms with E-state index in [2.05, 4.69) is 16.9 Å². The van der Waals surface area contributed by atoms with Crippen molar-refractivity contribution < 1.29 is 0 Å². The maximum absolute atomic E-state index is 5.76. The lowest BCUT2D eigenvalue weighted by atomic mass is 10.0. The number of aromatic nitrogens is 3. The standard InChI is InChI=1S/C11H17N5/c1-2-3-8(6-12)9-7-16-5-4-14-10(13)11(16)15-9/h4-5,7-8H,2-3,6,12H2,1H3,(H2,13,14). The second kappa shape index (κ2) is 4.49. The average Bonchev–Trinajstić information content (AvgIpc) is 2.71. The van der Waals surface area contributed by atoms with Gasteiger partial charge in [-0.3, -0.25) is 0 Å². The second-order valence-electron chi connectivity index (χ2n) is 3.93. The summed E-state index contributed by atoms with van der Waals surface area (Å²) in [6.07, 6.45) is 7.66. The first-order chi connectivity index (χ1) is 7.76. The number of anilines is 1. The van der Waals surface area contributed by atoms with Crippen LogP contribution in [0.5, 0.6) is 0 Å². The zero-order chi connectivity index (χ0) is 11.5. The zero-order valence-electron chi connectivity index (χ0n) is 9.43. The van der Waals surface area contributed by atoms with Gasteiger partial charge in [-0.1, -0.05) is 13.3 Å². The van der Waals surface area contributed by atoms with Gasteiger partial charge in [0.1, 0.15) is 0 Å². The highest BCUT2D eigenvalue weighted by atomic mass is 15.1. The van der Waals surface area contributed by atoms with E-state index in [0.29, 0.717) is 23.9 Å². The van der Waals surface area contributed by atoms with Crippen molar-refractivity contribution in [3.63, 3.8) is 0 Å². The molecule has 0 radical (unpaired) electrons. The Kier molecular flexibility index (Phi) is 3.05. The van der Waals surface area contributed by atoms with Crippen molar-refractivity contribution in [2.75, 3.05) is 12.3 Å². The molecule has 86 valence electrons. The van der Waals surface area contributed by atoms with Gasteiger partial charge in [-0.2, -0.15) is 0 Å². The third-order valence-corrected chi connectivity index (χ3v) is 2.76. The summed E-state index contributed by atoms with van der Waals surface area (Å²) in [5.74, 6) is 0.769. The molecule has 0 spiro atoms. The van der Waals surface area contributed by atoms with Gasteiger partial charge in [-0.15, -0.1) is 0 Å². The minimum Gasteiger partial charge on any atom is -0.381 e. The van der Waals surface area contributed by atoms with E-state index >= 15 is 0 Å². The lowest BCUT2D eigenvalue weighted by Gasteiger charge is -2.09. The Bertz CT molecular complexity index is 476. The van der Waals surface area contributed by atoms with Crippen molar-refractivity contribution in [1.29, 1.82) is 0 Å². The van der Waals surface area contributed by atoms with Gasteiger partial charge >= 0.3 is 0 Å². The van der Waals surface area contributed by atoms with Crippen LogP contribution in [0.15, 0.2) is 18.6 Å². The van der Waals surface area contributed by atoms with E-state index in [1.165, 1.54) is 0 Å². The number of fused-ring (bicyclic) bond motifs is 1. The van der Waals surface area contributed by atoms with Crippen molar-refractivity contribution in [2.24, 2.45) is 5.73 Å². The van der Waals surface area contributed by atoms with E-state index in [-0.39, 0.29) is 0 Å². The van der Waals surface area contributed by atoms with E-state index in [0.717, 1.165) is 18.5 Å². The Balaban J connectivity index is 2.42. The smallest absolute Gasteiger partial charge is 0.180 e. The van der Waals surface area contributed by atoms with Crippen LogP contribution in [0.4, 0.5) is 5.82 Å². The second-order valence-corrected chi connectivity index (χ2v) is 3.93. The molecule has 2 aromatic heterocycles. The fourth-order valence-electron chi connectivity index (χ4n) is 1.89. The minimum absolute atomic E-state index is 0.310. The average molecular weight is 219 g/mol. The topological polar surface area (TPSA) is 82.2 Å². The molecule has 0 bridgehead atoms. The Morgan fingerprint density at radius 2 is 2.31 bits per heavy atom. The normalized spacial score (nSPS) is 13.1. The Morgan fingerprint density at radius 3 is 2.94 bits per heavy atom. The van der Waals surface area contributed by atoms with E-state index in [1.54, 1.807) is 6.20 Å². The quantitative estimate of drug-likeness (QED) is 0.808. The summed E-state index contributed by atoms with van der Waals surface area (Å²) in [6.45, 7) is 2.76. The first-order valence-corrected chi connectivity index (χ1v) is 5.55. The zero-order valence-corrected chi connectivity index (χ0v) is 9.43. The largest absolute Gasteiger partial charge is 0.381 e. The summed E-state index contributed by atoms with van der Waals surface area (Å²) in [4.78, 5) is 8.51. The lowest BCUT2D eigenvalue weighted by molar-refractivity contribution is 0.610. The summed E-state index contributed by atoms with van der Waals surface area (Å²) in [7, 11) is 0. The molecule has 1 unspecified atom stereocenters. The molecule has 0 amide bonds. The number of rotatable bonds is 4. The molecular formula is C11H17N5. The maximum atomic E-state index is 5.76. The predicted octanol–water partition coefficient (Wildman–Crippen LogP) is 1.15. The molecule has 5 heteroatoms. The van der Waals surface area contributed by atoms with E-state index in [9.17, 15) is 0 Å². The van der Waals surface area contributed by atoms with Crippen LogP contribution in [0.1, 0.15) is 31.4 Å². The summed E-state index contributed by atoms with van der Waals surface area (Å²) < 4.78 is 1.90. The highest BCUT2D eigenvalue weighted by Gasteiger charge is 2.13. The van der Waals surface area contributed by atoms with Crippen molar-refractivity contribution in [3.05, 3.63) is 24.3 Å². The Labute approximate surface area is 94.5 Å². The van der Waals surface area contributed by atoms with E-state index in [4.69, 9.17) is 11.5 Å². The SMILES string of the molecule is CCCC(CN)c1cn2ccnc(N)c2n1. The molecule has 16 heavy (non-hydrogen) atoms. The van der Waals surface area contributed by atoms with Gasteiger partial charge in [0.15, 0.2) is 11.5 Å². The van der Waals surface area contributed by atoms with Crippen LogP contribution in [-0.2, 0) is 0 Å². The van der Waals surface area contributed by atoms with Gasteiger partial charge in [0.25, 0.3) is 0 Å². The monoisotopic (exact) mass is 219 g/mol.